The summed E-state index contributed by atoms with van der Waals surface area (Å²) >= 11 is 12.3. The number of aromatic nitrogens is 3. The van der Waals surface area contributed by atoms with Gasteiger partial charge < -0.3 is 4.74 Å². The Morgan fingerprint density at radius 1 is 1.50 bits per heavy atom. The van der Waals surface area contributed by atoms with Crippen LogP contribution >= 0.6 is 23.2 Å². The summed E-state index contributed by atoms with van der Waals surface area (Å²) in [6, 6.07) is 5.55. The monoisotopic (exact) mass is 312 g/mol. The number of nitrogens with zero attached hydrogens (tertiary/aromatic N) is 3. The van der Waals surface area contributed by atoms with Crippen LogP contribution < -0.4 is 5.32 Å². The van der Waals surface area contributed by atoms with E-state index in [1.54, 1.807) is 17.1 Å². The number of ether oxygens (including phenoxy) is 1. The lowest BCUT2D eigenvalue weighted by molar-refractivity contribution is -0.0239. The van der Waals surface area contributed by atoms with Crippen molar-refractivity contribution in [3.05, 3.63) is 46.5 Å². The molecule has 1 aromatic carbocycles. The summed E-state index contributed by atoms with van der Waals surface area (Å²) < 4.78 is 7.75. The molecule has 2 atom stereocenters. The first-order chi connectivity index (χ1) is 9.62. The first kappa shape index (κ1) is 13.8. The number of hydrogen-bond donors (Lipinski definition) is 1. The molecule has 1 aromatic heterocycles. The van der Waals surface area contributed by atoms with Crippen molar-refractivity contribution in [1.29, 1.82) is 0 Å². The Morgan fingerprint density at radius 2 is 2.35 bits per heavy atom. The van der Waals surface area contributed by atoms with Crippen LogP contribution in [-0.2, 0) is 16.9 Å². The van der Waals surface area contributed by atoms with Crippen LogP contribution in [0.15, 0.2) is 30.9 Å². The molecule has 5 nitrogen and oxygen atoms in total. The molecule has 1 fully saturated rings. The van der Waals surface area contributed by atoms with Crippen LogP contribution in [0.25, 0.3) is 0 Å². The van der Waals surface area contributed by atoms with Gasteiger partial charge in [-0.05, 0) is 19.1 Å². The molecular formula is C13H14Cl2N4O. The molecule has 7 heteroatoms. The lowest BCUT2D eigenvalue weighted by atomic mass is 9.87. The zero-order chi connectivity index (χ0) is 14.2. The van der Waals surface area contributed by atoms with Crippen molar-refractivity contribution in [2.45, 2.75) is 25.1 Å². The van der Waals surface area contributed by atoms with Crippen molar-refractivity contribution in [2.24, 2.45) is 0 Å². The second kappa shape index (κ2) is 5.33. The predicted molar refractivity (Wildman–Crippen MR) is 76.7 cm³/mol. The van der Waals surface area contributed by atoms with Gasteiger partial charge in [-0.2, -0.15) is 5.10 Å². The molecule has 0 aliphatic carbocycles. The molecule has 20 heavy (non-hydrogen) atoms. The molecule has 2 heterocycles. The van der Waals surface area contributed by atoms with Crippen LogP contribution in [0.5, 0.6) is 0 Å². The van der Waals surface area contributed by atoms with E-state index < -0.39 is 5.60 Å². The SMILES string of the molecule is CC1NCOC1(Cn1cncn1)c1ccc(Cl)cc1Cl. The fourth-order valence-corrected chi connectivity index (χ4v) is 3.12. The fourth-order valence-electron chi connectivity index (χ4n) is 2.55. The van der Waals surface area contributed by atoms with E-state index in [4.69, 9.17) is 27.9 Å². The lowest BCUT2D eigenvalue weighted by Gasteiger charge is -2.33. The summed E-state index contributed by atoms with van der Waals surface area (Å²) in [7, 11) is 0. The molecule has 0 spiro atoms. The third kappa shape index (κ3) is 2.31. The number of benzene rings is 1. The average Bonchev–Trinajstić information content (AvgIpc) is 3.01. The van der Waals surface area contributed by atoms with Gasteiger partial charge in [-0.3, -0.25) is 5.32 Å². The summed E-state index contributed by atoms with van der Waals surface area (Å²) in [6.45, 7) is 3.06. The molecular weight excluding hydrogens is 299 g/mol. The van der Waals surface area contributed by atoms with Crippen molar-refractivity contribution < 1.29 is 4.74 Å². The van der Waals surface area contributed by atoms with Gasteiger partial charge in [0, 0.05) is 21.7 Å². The van der Waals surface area contributed by atoms with E-state index in [9.17, 15) is 0 Å². The Hall–Kier alpha value is -1.14. The molecule has 2 aromatic rings. The first-order valence-electron chi connectivity index (χ1n) is 6.27. The van der Waals surface area contributed by atoms with Gasteiger partial charge in [0.15, 0.2) is 0 Å². The van der Waals surface area contributed by atoms with Crippen LogP contribution in [-0.4, -0.2) is 27.5 Å². The number of hydrogen-bond acceptors (Lipinski definition) is 4. The number of rotatable bonds is 3. The first-order valence-corrected chi connectivity index (χ1v) is 7.03. The molecule has 1 aliphatic rings. The molecule has 0 radical (unpaired) electrons. The molecule has 0 amide bonds. The van der Waals surface area contributed by atoms with Crippen LogP contribution in [0, 0.1) is 0 Å². The fraction of sp³-hybridized carbons (Fsp3) is 0.385. The van der Waals surface area contributed by atoms with Crippen molar-refractivity contribution in [2.75, 3.05) is 6.73 Å². The van der Waals surface area contributed by atoms with Gasteiger partial charge in [0.1, 0.15) is 18.3 Å². The van der Waals surface area contributed by atoms with E-state index in [0.29, 0.717) is 23.3 Å². The molecule has 106 valence electrons. The Bertz CT molecular complexity index is 604. The topological polar surface area (TPSA) is 52.0 Å². The molecule has 0 saturated carbocycles. The van der Waals surface area contributed by atoms with Crippen LogP contribution in [0.2, 0.25) is 10.0 Å². The van der Waals surface area contributed by atoms with E-state index in [2.05, 4.69) is 22.3 Å². The van der Waals surface area contributed by atoms with Gasteiger partial charge >= 0.3 is 0 Å². The highest BCUT2D eigenvalue weighted by molar-refractivity contribution is 6.35. The summed E-state index contributed by atoms with van der Waals surface area (Å²) in [4.78, 5) is 3.97. The Morgan fingerprint density at radius 3 is 2.95 bits per heavy atom. The number of halogens is 2. The van der Waals surface area contributed by atoms with E-state index in [1.807, 2.05) is 12.1 Å². The smallest absolute Gasteiger partial charge is 0.137 e. The predicted octanol–water partition coefficient (Wildman–Crippen LogP) is 2.45. The van der Waals surface area contributed by atoms with Crippen molar-refractivity contribution in [1.82, 2.24) is 20.1 Å². The molecule has 1 saturated heterocycles. The van der Waals surface area contributed by atoms with Gasteiger partial charge in [0.2, 0.25) is 0 Å². The maximum absolute atomic E-state index is 6.37. The third-order valence-electron chi connectivity index (χ3n) is 3.67. The Labute approximate surface area is 126 Å². The van der Waals surface area contributed by atoms with Gasteiger partial charge in [-0.25, -0.2) is 9.67 Å². The summed E-state index contributed by atoms with van der Waals surface area (Å²) in [5.41, 5.74) is 0.312. The summed E-state index contributed by atoms with van der Waals surface area (Å²) in [6.07, 6.45) is 3.17. The minimum atomic E-state index is -0.588. The second-order valence-corrected chi connectivity index (χ2v) is 5.66. The minimum Gasteiger partial charge on any atom is -0.351 e. The largest absolute Gasteiger partial charge is 0.351 e. The van der Waals surface area contributed by atoms with Gasteiger partial charge in [0.25, 0.3) is 0 Å². The van der Waals surface area contributed by atoms with Crippen LogP contribution in [0.3, 0.4) is 0 Å². The zero-order valence-electron chi connectivity index (χ0n) is 10.9. The summed E-state index contributed by atoms with van der Waals surface area (Å²) in [5.74, 6) is 0. The molecule has 1 N–H and O–H groups in total. The maximum Gasteiger partial charge on any atom is 0.137 e. The maximum atomic E-state index is 6.37. The van der Waals surface area contributed by atoms with Gasteiger partial charge in [0.05, 0.1) is 13.3 Å². The molecule has 1 aliphatic heterocycles. The van der Waals surface area contributed by atoms with Crippen LogP contribution in [0.1, 0.15) is 12.5 Å². The van der Waals surface area contributed by atoms with Crippen LogP contribution in [0.4, 0.5) is 0 Å². The van der Waals surface area contributed by atoms with E-state index in [-0.39, 0.29) is 6.04 Å². The molecule has 3 rings (SSSR count). The second-order valence-electron chi connectivity index (χ2n) is 4.82. The Balaban J connectivity index is 2.06. The Kier molecular flexibility index (Phi) is 3.69. The van der Waals surface area contributed by atoms with Crippen molar-refractivity contribution in [3.8, 4) is 0 Å². The lowest BCUT2D eigenvalue weighted by Crippen LogP contribution is -2.43. The van der Waals surface area contributed by atoms with Gasteiger partial charge in [-0.15, -0.1) is 0 Å². The van der Waals surface area contributed by atoms with Crippen molar-refractivity contribution >= 4 is 23.2 Å². The highest BCUT2D eigenvalue weighted by atomic mass is 35.5. The van der Waals surface area contributed by atoms with E-state index >= 15 is 0 Å². The number of nitrogens with one attached hydrogen (secondary N) is 1. The molecule has 2 unspecified atom stereocenters. The average molecular weight is 313 g/mol. The third-order valence-corrected chi connectivity index (χ3v) is 4.22. The zero-order valence-corrected chi connectivity index (χ0v) is 12.4. The minimum absolute atomic E-state index is 0.0883. The highest BCUT2D eigenvalue weighted by Crippen LogP contribution is 2.39. The quantitative estimate of drug-likeness (QED) is 0.946. The normalized spacial score (nSPS) is 26.1. The molecule has 0 bridgehead atoms. The summed E-state index contributed by atoms with van der Waals surface area (Å²) in [5, 5.41) is 8.64. The van der Waals surface area contributed by atoms with Gasteiger partial charge in [-0.1, -0.05) is 29.3 Å². The standard InChI is InChI=1S/C13H14Cl2N4O/c1-9-13(20-8-17-9,5-19-7-16-6-18-19)11-3-2-10(14)4-12(11)15/h2-4,6-7,9,17H,5,8H2,1H3. The van der Waals surface area contributed by atoms with E-state index in [0.717, 1.165) is 5.56 Å². The van der Waals surface area contributed by atoms with E-state index in [1.165, 1.54) is 6.33 Å². The highest BCUT2D eigenvalue weighted by Gasteiger charge is 2.45. The van der Waals surface area contributed by atoms with Crippen molar-refractivity contribution in [3.63, 3.8) is 0 Å².